The molecule has 1 saturated carbocycles. The minimum atomic E-state index is -0.848. The van der Waals surface area contributed by atoms with Crippen molar-refractivity contribution in [1.82, 2.24) is 0 Å². The van der Waals surface area contributed by atoms with Gasteiger partial charge >= 0.3 is 5.97 Å². The van der Waals surface area contributed by atoms with Crippen LogP contribution < -0.4 is 0 Å². The number of Topliss-reactive ketones (excluding diaryl/α,β-unsaturated/α-hetero) is 1. The van der Waals surface area contributed by atoms with Crippen molar-refractivity contribution in [2.24, 2.45) is 10.8 Å². The van der Waals surface area contributed by atoms with E-state index >= 15 is 0 Å². The number of carbonyl (C=O) groups is 2. The lowest BCUT2D eigenvalue weighted by atomic mass is 9.65. The molecule has 3 nitrogen and oxygen atoms in total. The highest BCUT2D eigenvalue weighted by atomic mass is 16.6. The molecule has 1 aliphatic heterocycles. The lowest BCUT2D eigenvalue weighted by Crippen LogP contribution is -2.46. The molecule has 2 fully saturated rings. The van der Waals surface area contributed by atoms with Crippen molar-refractivity contribution in [2.45, 2.75) is 46.1 Å². The highest BCUT2D eigenvalue weighted by Crippen LogP contribution is 2.65. The monoisotopic (exact) mass is 196 g/mol. The van der Waals surface area contributed by atoms with Crippen molar-refractivity contribution in [3.05, 3.63) is 0 Å². The first kappa shape index (κ1) is 9.69. The SMILES string of the molecule is CC(=O)C12CCC(C)(C(=O)O1)C2(C)C. The number of ether oxygens (including phenoxy) is 1. The smallest absolute Gasteiger partial charge is 0.313 e. The van der Waals surface area contributed by atoms with E-state index in [0.717, 1.165) is 6.42 Å². The van der Waals surface area contributed by atoms with Crippen LogP contribution >= 0.6 is 0 Å². The van der Waals surface area contributed by atoms with Crippen molar-refractivity contribution >= 4 is 11.8 Å². The number of fused-ring (bicyclic) bond motifs is 2. The third-order valence-corrected chi connectivity index (χ3v) is 4.65. The fourth-order valence-corrected chi connectivity index (χ4v) is 2.99. The molecule has 0 aromatic carbocycles. The quantitative estimate of drug-likeness (QED) is 0.599. The van der Waals surface area contributed by atoms with Gasteiger partial charge in [-0.2, -0.15) is 0 Å². The second-order valence-corrected chi connectivity index (χ2v) is 5.23. The van der Waals surface area contributed by atoms with E-state index in [1.54, 1.807) is 0 Å². The molecule has 2 atom stereocenters. The van der Waals surface area contributed by atoms with E-state index in [9.17, 15) is 9.59 Å². The zero-order valence-electron chi connectivity index (χ0n) is 9.14. The van der Waals surface area contributed by atoms with Crippen molar-refractivity contribution in [2.75, 3.05) is 0 Å². The van der Waals surface area contributed by atoms with Gasteiger partial charge in [0.15, 0.2) is 11.4 Å². The van der Waals surface area contributed by atoms with Gasteiger partial charge in [-0.05, 0) is 26.7 Å². The van der Waals surface area contributed by atoms with Crippen LogP contribution in [0.4, 0.5) is 0 Å². The molecule has 1 aliphatic carbocycles. The average Bonchev–Trinajstić information content (AvgIpc) is 2.34. The molecule has 1 heterocycles. The van der Waals surface area contributed by atoms with E-state index in [1.165, 1.54) is 6.92 Å². The first-order chi connectivity index (χ1) is 6.28. The summed E-state index contributed by atoms with van der Waals surface area (Å²) in [6.45, 7) is 7.36. The number of esters is 1. The summed E-state index contributed by atoms with van der Waals surface area (Å²) in [5.74, 6) is -0.221. The van der Waals surface area contributed by atoms with Crippen molar-refractivity contribution in [3.8, 4) is 0 Å². The summed E-state index contributed by atoms with van der Waals surface area (Å²) >= 11 is 0. The Bertz CT molecular complexity index is 331. The van der Waals surface area contributed by atoms with Crippen LogP contribution in [0.15, 0.2) is 0 Å². The van der Waals surface area contributed by atoms with E-state index < -0.39 is 11.0 Å². The second-order valence-electron chi connectivity index (χ2n) is 5.23. The Balaban J connectivity index is 2.60. The van der Waals surface area contributed by atoms with Gasteiger partial charge < -0.3 is 4.74 Å². The second kappa shape index (κ2) is 2.20. The molecule has 2 bridgehead atoms. The predicted octanol–water partition coefficient (Wildman–Crippen LogP) is 1.70. The molecule has 2 unspecified atom stereocenters. The Morgan fingerprint density at radius 1 is 1.29 bits per heavy atom. The standard InChI is InChI=1S/C11H16O3/c1-7(12)11-6-5-10(4,8(13)14-11)9(11,2)3/h5-6H2,1-4H3. The van der Waals surface area contributed by atoms with Crippen LogP contribution in [0.1, 0.15) is 40.5 Å². The van der Waals surface area contributed by atoms with Crippen molar-refractivity contribution in [3.63, 3.8) is 0 Å². The number of carbonyl (C=O) groups excluding carboxylic acids is 2. The first-order valence-electron chi connectivity index (χ1n) is 5.02. The molecule has 2 aliphatic rings. The van der Waals surface area contributed by atoms with Gasteiger partial charge in [0.2, 0.25) is 0 Å². The fraction of sp³-hybridized carbons (Fsp3) is 0.818. The van der Waals surface area contributed by atoms with Gasteiger partial charge in [-0.15, -0.1) is 0 Å². The maximum atomic E-state index is 11.7. The minimum Gasteiger partial charge on any atom is -0.450 e. The lowest BCUT2D eigenvalue weighted by Gasteiger charge is -2.34. The third kappa shape index (κ3) is 0.677. The molecule has 78 valence electrons. The molecule has 0 amide bonds. The predicted molar refractivity (Wildman–Crippen MR) is 50.6 cm³/mol. The van der Waals surface area contributed by atoms with Crippen LogP contribution in [0.2, 0.25) is 0 Å². The van der Waals surface area contributed by atoms with Crippen LogP contribution in [0.25, 0.3) is 0 Å². The summed E-state index contributed by atoms with van der Waals surface area (Å²) < 4.78 is 5.34. The van der Waals surface area contributed by atoms with Crippen LogP contribution in [0, 0.1) is 10.8 Å². The minimum absolute atomic E-state index is 0.0166. The largest absolute Gasteiger partial charge is 0.450 e. The van der Waals surface area contributed by atoms with Gasteiger partial charge in [0.05, 0.1) is 5.41 Å². The van der Waals surface area contributed by atoms with Gasteiger partial charge in [0.25, 0.3) is 0 Å². The zero-order valence-corrected chi connectivity index (χ0v) is 9.14. The van der Waals surface area contributed by atoms with Crippen LogP contribution in [0.3, 0.4) is 0 Å². The van der Waals surface area contributed by atoms with Crippen LogP contribution in [0.5, 0.6) is 0 Å². The maximum absolute atomic E-state index is 11.7. The van der Waals surface area contributed by atoms with Gasteiger partial charge in [0, 0.05) is 5.41 Å². The van der Waals surface area contributed by atoms with E-state index in [2.05, 4.69) is 0 Å². The Morgan fingerprint density at radius 2 is 1.86 bits per heavy atom. The molecule has 3 heteroatoms. The Hall–Kier alpha value is -0.860. The molecule has 0 N–H and O–H groups in total. The summed E-state index contributed by atoms with van der Waals surface area (Å²) in [6.07, 6.45) is 1.44. The fourth-order valence-electron chi connectivity index (χ4n) is 2.99. The number of hydrogen-bond donors (Lipinski definition) is 0. The first-order valence-corrected chi connectivity index (χ1v) is 5.02. The van der Waals surface area contributed by atoms with Crippen molar-refractivity contribution in [1.29, 1.82) is 0 Å². The zero-order chi connectivity index (χ0) is 10.8. The summed E-state index contributed by atoms with van der Waals surface area (Å²) in [5, 5.41) is 0. The molecule has 1 saturated heterocycles. The van der Waals surface area contributed by atoms with Crippen molar-refractivity contribution < 1.29 is 14.3 Å². The molecule has 0 aromatic heterocycles. The number of rotatable bonds is 1. The van der Waals surface area contributed by atoms with E-state index in [-0.39, 0.29) is 17.2 Å². The van der Waals surface area contributed by atoms with Crippen LogP contribution in [-0.2, 0) is 14.3 Å². The molecule has 0 aromatic rings. The summed E-state index contributed by atoms with van der Waals surface area (Å²) in [6, 6.07) is 0. The highest BCUT2D eigenvalue weighted by molar-refractivity contribution is 5.96. The third-order valence-electron chi connectivity index (χ3n) is 4.65. The summed E-state index contributed by atoms with van der Waals surface area (Å²) in [7, 11) is 0. The van der Waals surface area contributed by atoms with E-state index in [4.69, 9.17) is 4.74 Å². The molecular weight excluding hydrogens is 180 g/mol. The van der Waals surface area contributed by atoms with E-state index in [0.29, 0.717) is 6.42 Å². The number of ketones is 1. The number of hydrogen-bond acceptors (Lipinski definition) is 3. The lowest BCUT2D eigenvalue weighted by molar-refractivity contribution is -0.166. The Morgan fingerprint density at radius 3 is 2.07 bits per heavy atom. The summed E-state index contributed by atoms with van der Waals surface area (Å²) in [4.78, 5) is 23.4. The molecule has 14 heavy (non-hydrogen) atoms. The average molecular weight is 196 g/mol. The Kier molecular flexibility index (Phi) is 1.53. The van der Waals surface area contributed by atoms with Crippen LogP contribution in [-0.4, -0.2) is 17.4 Å². The Labute approximate surface area is 83.8 Å². The molecule has 0 spiro atoms. The summed E-state index contributed by atoms with van der Waals surface area (Å²) in [5.41, 5.74) is -1.69. The molecule has 2 rings (SSSR count). The van der Waals surface area contributed by atoms with E-state index in [1.807, 2.05) is 20.8 Å². The topological polar surface area (TPSA) is 43.4 Å². The normalized spacial score (nSPS) is 43.9. The highest BCUT2D eigenvalue weighted by Gasteiger charge is 2.74. The molecular formula is C11H16O3. The van der Waals surface area contributed by atoms with Gasteiger partial charge in [0.1, 0.15) is 0 Å². The van der Waals surface area contributed by atoms with Gasteiger partial charge in [-0.3, -0.25) is 9.59 Å². The van der Waals surface area contributed by atoms with Gasteiger partial charge in [-0.1, -0.05) is 13.8 Å². The maximum Gasteiger partial charge on any atom is 0.313 e. The van der Waals surface area contributed by atoms with Gasteiger partial charge in [-0.25, -0.2) is 0 Å². The molecule has 0 radical (unpaired) electrons.